The number of carbonyl (C=O) groups is 3. The van der Waals surface area contributed by atoms with Crippen LogP contribution in [-0.4, -0.2) is 45.2 Å². The molecule has 2 rings (SSSR count). The Morgan fingerprint density at radius 2 is 1.67 bits per heavy atom. The molecule has 0 aliphatic heterocycles. The van der Waals surface area contributed by atoms with Crippen molar-refractivity contribution < 1.29 is 19.5 Å². The molecular weight excluding hydrogens is 458 g/mol. The van der Waals surface area contributed by atoms with Crippen molar-refractivity contribution in [3.05, 3.63) is 41.4 Å². The molecule has 3 atom stereocenters. The second-order valence-electron chi connectivity index (χ2n) is 8.97. The van der Waals surface area contributed by atoms with Gasteiger partial charge < -0.3 is 15.7 Å². The number of nitrogens with zero attached hydrogens (tertiary/aromatic N) is 1. The number of thiophene rings is 1. The van der Waals surface area contributed by atoms with Crippen LogP contribution in [0.15, 0.2) is 35.8 Å². The van der Waals surface area contributed by atoms with Gasteiger partial charge in [-0.05, 0) is 47.8 Å². The fourth-order valence-electron chi connectivity index (χ4n) is 3.35. The fraction of sp³-hybridized carbons (Fsp3) is 0.500. The van der Waals surface area contributed by atoms with Crippen LogP contribution >= 0.6 is 24.0 Å². The van der Waals surface area contributed by atoms with E-state index in [-0.39, 0.29) is 24.2 Å². The average molecular weight is 492 g/mol. The molecule has 0 aliphatic carbocycles. The zero-order chi connectivity index (χ0) is 24.5. The van der Waals surface area contributed by atoms with Crippen LogP contribution in [0.4, 0.5) is 0 Å². The van der Waals surface area contributed by atoms with Crippen molar-refractivity contribution in [1.29, 1.82) is 0 Å². The number of carboxylic acid groups (broad SMARTS) is 1. The van der Waals surface area contributed by atoms with Gasteiger partial charge in [-0.3, -0.25) is 14.6 Å². The zero-order valence-electron chi connectivity index (χ0n) is 19.4. The van der Waals surface area contributed by atoms with Crippen LogP contribution in [0.25, 0.3) is 10.6 Å². The second-order valence-corrected chi connectivity index (χ2v) is 10.5. The number of carbonyl (C=O) groups excluding carboxylic acids is 2. The number of hydrogen-bond donors (Lipinski definition) is 4. The van der Waals surface area contributed by atoms with E-state index >= 15 is 0 Å². The second kappa shape index (κ2) is 12.7. The molecule has 7 nitrogen and oxygen atoms in total. The molecule has 0 radical (unpaired) electrons. The normalized spacial score (nSPS) is 14.0. The highest BCUT2D eigenvalue weighted by molar-refractivity contribution is 7.81. The summed E-state index contributed by atoms with van der Waals surface area (Å²) in [5.41, 5.74) is 1.51. The van der Waals surface area contributed by atoms with E-state index < -0.39 is 29.2 Å². The molecule has 2 aromatic rings. The first-order valence-electron chi connectivity index (χ1n) is 11.1. The van der Waals surface area contributed by atoms with Crippen molar-refractivity contribution in [3.8, 4) is 10.6 Å². The van der Waals surface area contributed by atoms with E-state index in [4.69, 9.17) is 0 Å². The number of rotatable bonds is 12. The largest absolute Gasteiger partial charge is 0.480 e. The molecule has 0 fully saturated rings. The van der Waals surface area contributed by atoms with Gasteiger partial charge in [0.05, 0.1) is 15.8 Å². The summed E-state index contributed by atoms with van der Waals surface area (Å²) in [4.78, 5) is 42.8. The van der Waals surface area contributed by atoms with E-state index in [9.17, 15) is 19.5 Å². The molecule has 2 amide bonds. The van der Waals surface area contributed by atoms with Gasteiger partial charge >= 0.3 is 5.97 Å². The zero-order valence-corrected chi connectivity index (χ0v) is 21.2. The minimum absolute atomic E-state index is 0.0870. The van der Waals surface area contributed by atoms with Crippen LogP contribution in [0.2, 0.25) is 0 Å². The third-order valence-electron chi connectivity index (χ3n) is 4.99. The Hall–Kier alpha value is -2.39. The van der Waals surface area contributed by atoms with Gasteiger partial charge in [-0.1, -0.05) is 39.8 Å². The van der Waals surface area contributed by atoms with Gasteiger partial charge in [0.15, 0.2) is 0 Å². The van der Waals surface area contributed by atoms with Crippen LogP contribution in [-0.2, 0) is 20.8 Å². The van der Waals surface area contributed by atoms with Crippen molar-refractivity contribution in [2.24, 2.45) is 11.8 Å². The lowest BCUT2D eigenvalue weighted by atomic mass is 10.0. The van der Waals surface area contributed by atoms with Crippen molar-refractivity contribution >= 4 is 41.7 Å². The van der Waals surface area contributed by atoms with Gasteiger partial charge in [-0.2, -0.15) is 12.6 Å². The summed E-state index contributed by atoms with van der Waals surface area (Å²) in [7, 11) is 0. The molecule has 0 aromatic carbocycles. The number of hydrogen-bond acceptors (Lipinski definition) is 6. The maximum absolute atomic E-state index is 12.9. The first kappa shape index (κ1) is 26.9. The molecule has 3 N–H and O–H groups in total. The third kappa shape index (κ3) is 8.81. The molecule has 33 heavy (non-hydrogen) atoms. The number of amides is 2. The summed E-state index contributed by atoms with van der Waals surface area (Å²) in [5.74, 6) is -1.58. The van der Waals surface area contributed by atoms with Gasteiger partial charge in [0.2, 0.25) is 11.8 Å². The third-order valence-corrected chi connectivity index (χ3v) is 6.33. The summed E-state index contributed by atoms with van der Waals surface area (Å²) in [5, 5.41) is 16.5. The summed E-state index contributed by atoms with van der Waals surface area (Å²) in [6, 6.07) is 5.59. The van der Waals surface area contributed by atoms with Crippen LogP contribution in [0.5, 0.6) is 0 Å². The van der Waals surface area contributed by atoms with E-state index in [2.05, 4.69) is 28.2 Å². The maximum atomic E-state index is 12.9. The number of carboxylic acids is 1. The summed E-state index contributed by atoms with van der Waals surface area (Å²) < 4.78 is 0. The average Bonchev–Trinajstić information content (AvgIpc) is 3.27. The van der Waals surface area contributed by atoms with Crippen LogP contribution in [0, 0.1) is 11.8 Å². The summed E-state index contributed by atoms with van der Waals surface area (Å²) in [6.07, 6.45) is 2.69. The minimum Gasteiger partial charge on any atom is -0.480 e. The predicted molar refractivity (Wildman–Crippen MR) is 134 cm³/mol. The highest BCUT2D eigenvalue weighted by Gasteiger charge is 2.29. The minimum atomic E-state index is -1.15. The number of thiol groups is 1. The number of aromatic nitrogens is 1. The SMILES string of the molecule is CC(C)C[C@H](NC(=O)[C@@H](S)CC(C)C)C(=O)N[C@@H](Cc1ccc(-c2cccs2)nc1)C(=O)O. The standard InChI is InChI=1S/C24H33N3O4S2/c1-14(2)10-18(26-23(29)20(32)11-15(3)4)22(28)27-19(24(30)31)12-16-7-8-17(25-13-16)21-6-5-9-33-21/h5-9,13-15,18-20,32H,10-12H2,1-4H3,(H,26,29)(H,27,28)(H,30,31)/t18-,19-,20-/m0/s1. The number of aliphatic carboxylic acids is 1. The molecule has 0 unspecified atom stereocenters. The van der Waals surface area contributed by atoms with E-state index in [1.807, 2.05) is 57.3 Å². The van der Waals surface area contributed by atoms with Gasteiger partial charge in [0, 0.05) is 12.6 Å². The monoisotopic (exact) mass is 491 g/mol. The van der Waals surface area contributed by atoms with E-state index in [0.717, 1.165) is 10.6 Å². The number of pyridine rings is 1. The Kier molecular flexibility index (Phi) is 10.4. The molecule has 0 bridgehead atoms. The first-order chi connectivity index (χ1) is 15.6. The molecule has 0 saturated carbocycles. The predicted octanol–water partition coefficient (Wildman–Crippen LogP) is 3.80. The number of nitrogens with one attached hydrogen (secondary N) is 2. The molecule has 2 aromatic heterocycles. The van der Waals surface area contributed by atoms with E-state index in [1.54, 1.807) is 17.5 Å². The lowest BCUT2D eigenvalue weighted by Gasteiger charge is -2.24. The maximum Gasteiger partial charge on any atom is 0.326 e. The highest BCUT2D eigenvalue weighted by Crippen LogP contribution is 2.22. The summed E-state index contributed by atoms with van der Waals surface area (Å²) in [6.45, 7) is 7.87. The van der Waals surface area contributed by atoms with Crippen molar-refractivity contribution in [2.45, 2.75) is 64.3 Å². The lowest BCUT2D eigenvalue weighted by Crippen LogP contribution is -2.53. The topological polar surface area (TPSA) is 108 Å². The molecule has 2 heterocycles. The van der Waals surface area contributed by atoms with E-state index in [1.165, 1.54) is 0 Å². The highest BCUT2D eigenvalue weighted by atomic mass is 32.1. The molecular formula is C24H33N3O4S2. The Morgan fingerprint density at radius 1 is 1.00 bits per heavy atom. The first-order valence-corrected chi connectivity index (χ1v) is 12.5. The fourth-order valence-corrected chi connectivity index (χ4v) is 4.55. The Morgan fingerprint density at radius 3 is 2.18 bits per heavy atom. The van der Waals surface area contributed by atoms with Gasteiger partial charge in [-0.25, -0.2) is 4.79 Å². The molecule has 180 valence electrons. The Balaban J connectivity index is 2.07. The lowest BCUT2D eigenvalue weighted by molar-refractivity contribution is -0.142. The molecule has 9 heteroatoms. The Bertz CT molecular complexity index is 914. The Labute approximate surface area is 204 Å². The van der Waals surface area contributed by atoms with Gasteiger partial charge in [0.25, 0.3) is 0 Å². The molecule has 0 spiro atoms. The van der Waals surface area contributed by atoms with Gasteiger partial charge in [-0.15, -0.1) is 11.3 Å². The molecule has 0 aliphatic rings. The van der Waals surface area contributed by atoms with Gasteiger partial charge in [0.1, 0.15) is 12.1 Å². The quantitative estimate of drug-likeness (QED) is 0.338. The van der Waals surface area contributed by atoms with Crippen LogP contribution in [0.3, 0.4) is 0 Å². The van der Waals surface area contributed by atoms with Crippen LogP contribution < -0.4 is 10.6 Å². The van der Waals surface area contributed by atoms with Crippen molar-refractivity contribution in [3.63, 3.8) is 0 Å². The smallest absolute Gasteiger partial charge is 0.326 e. The van der Waals surface area contributed by atoms with Crippen LogP contribution in [0.1, 0.15) is 46.1 Å². The van der Waals surface area contributed by atoms with Crippen molar-refractivity contribution in [1.82, 2.24) is 15.6 Å². The van der Waals surface area contributed by atoms with E-state index in [0.29, 0.717) is 18.4 Å². The summed E-state index contributed by atoms with van der Waals surface area (Å²) >= 11 is 5.93. The van der Waals surface area contributed by atoms with Crippen molar-refractivity contribution in [2.75, 3.05) is 0 Å². The molecule has 0 saturated heterocycles.